The van der Waals surface area contributed by atoms with Gasteiger partial charge in [-0.25, -0.2) is 15.0 Å². The second-order valence-electron chi connectivity index (χ2n) is 13.0. The number of aromatic nitrogens is 4. The van der Waals surface area contributed by atoms with E-state index in [-0.39, 0.29) is 23.2 Å². The van der Waals surface area contributed by atoms with Gasteiger partial charge >= 0.3 is 0 Å². The Morgan fingerprint density at radius 2 is 1.87 bits per heavy atom. The van der Waals surface area contributed by atoms with Gasteiger partial charge in [0.25, 0.3) is 0 Å². The molecule has 1 amide bonds. The van der Waals surface area contributed by atoms with Crippen molar-refractivity contribution >= 4 is 22.9 Å². The Kier molecular flexibility index (Phi) is 5.95. The van der Waals surface area contributed by atoms with Crippen molar-refractivity contribution in [3.05, 3.63) is 48.0 Å². The molecule has 2 N–H and O–H groups in total. The molecule has 2 saturated carbocycles. The van der Waals surface area contributed by atoms with Crippen LogP contribution in [0.2, 0.25) is 0 Å². The number of carbonyl (C=O) groups is 1. The molecule has 39 heavy (non-hydrogen) atoms. The Labute approximate surface area is 230 Å². The first-order valence-electron chi connectivity index (χ1n) is 14.8. The Morgan fingerprint density at radius 1 is 1.03 bits per heavy atom. The van der Waals surface area contributed by atoms with Crippen molar-refractivity contribution in [3.63, 3.8) is 0 Å². The lowest BCUT2D eigenvalue weighted by molar-refractivity contribution is -0.231. The lowest BCUT2D eigenvalue weighted by Gasteiger charge is -2.62. The van der Waals surface area contributed by atoms with Crippen LogP contribution in [0.25, 0.3) is 11.2 Å². The van der Waals surface area contributed by atoms with E-state index >= 15 is 0 Å². The number of benzene rings is 1. The van der Waals surface area contributed by atoms with Gasteiger partial charge in [-0.1, -0.05) is 36.8 Å². The van der Waals surface area contributed by atoms with Crippen molar-refractivity contribution in [3.8, 4) is 0 Å². The van der Waals surface area contributed by atoms with E-state index < -0.39 is 0 Å². The summed E-state index contributed by atoms with van der Waals surface area (Å²) in [4.78, 5) is 26.0. The molecular formula is C31H40N6O2. The molecule has 2 aromatic heterocycles. The van der Waals surface area contributed by atoms with E-state index in [1.165, 1.54) is 24.0 Å². The quantitative estimate of drug-likeness (QED) is 0.462. The van der Waals surface area contributed by atoms with Crippen LogP contribution in [-0.4, -0.2) is 37.1 Å². The Morgan fingerprint density at radius 3 is 2.72 bits per heavy atom. The highest BCUT2D eigenvalue weighted by Crippen LogP contribution is 2.61. The highest BCUT2D eigenvalue weighted by molar-refractivity contribution is 5.82. The first-order chi connectivity index (χ1) is 18.8. The van der Waals surface area contributed by atoms with Crippen molar-refractivity contribution in [2.24, 2.45) is 23.2 Å². The fourth-order valence-electron chi connectivity index (χ4n) is 8.63. The van der Waals surface area contributed by atoms with E-state index in [2.05, 4.69) is 70.2 Å². The molecule has 2 aliphatic carbocycles. The lowest BCUT2D eigenvalue weighted by atomic mass is 9.48. The number of fused-ring (bicyclic) bond motifs is 6. The number of hydrogen-bond donors (Lipinski definition) is 2. The summed E-state index contributed by atoms with van der Waals surface area (Å²) < 4.78 is 9.14. The van der Waals surface area contributed by atoms with Crippen LogP contribution in [0.15, 0.2) is 36.9 Å². The summed E-state index contributed by atoms with van der Waals surface area (Å²) in [7, 11) is 0. The van der Waals surface area contributed by atoms with Gasteiger partial charge in [-0.3, -0.25) is 9.36 Å². The molecule has 2 saturated heterocycles. The Balaban J connectivity index is 1.09. The highest BCUT2D eigenvalue weighted by atomic mass is 16.5. The van der Waals surface area contributed by atoms with Crippen molar-refractivity contribution in [2.75, 3.05) is 5.32 Å². The van der Waals surface area contributed by atoms with Crippen molar-refractivity contribution in [1.82, 2.24) is 24.8 Å². The molecule has 7 atom stereocenters. The largest absolute Gasteiger partial charge is 0.364 e. The zero-order valence-electron chi connectivity index (χ0n) is 23.3. The molecule has 0 bridgehead atoms. The van der Waals surface area contributed by atoms with E-state index in [1.54, 1.807) is 6.33 Å². The fourth-order valence-corrected chi connectivity index (χ4v) is 8.63. The number of aryl methyl sites for hydroxylation is 1. The van der Waals surface area contributed by atoms with Gasteiger partial charge in [-0.05, 0) is 87.5 Å². The maximum Gasteiger partial charge on any atom is 0.220 e. The first kappa shape index (κ1) is 25.0. The number of piperidine rings is 1. The minimum atomic E-state index is -0.151. The van der Waals surface area contributed by atoms with Crippen molar-refractivity contribution in [1.29, 1.82) is 0 Å². The summed E-state index contributed by atoms with van der Waals surface area (Å²) >= 11 is 0. The van der Waals surface area contributed by atoms with Gasteiger partial charge in [0.05, 0.1) is 11.9 Å². The Bertz CT molecular complexity index is 1390. The number of nitrogens with zero attached hydrogens (tertiary/aromatic N) is 4. The molecular weight excluding hydrogens is 488 g/mol. The van der Waals surface area contributed by atoms with Crippen LogP contribution in [0, 0.1) is 30.1 Å². The standard InChI is InChI=1S/C31H40N6O2/c1-19-4-6-20(7-5-19)16-32-28-27-29(34-17-33-28)37(18-35-27)26-11-9-23-21-8-10-24-30(2,14-13-25(38)36-24)22(21)12-15-31(23,3)39-26/h4-7,17-18,21-24,26H,8-16H2,1-3H3,(H,36,38)(H,32,33,34)/t21-,22+,23+,24-,26+,30-,31+/m1/s1. The zero-order chi connectivity index (χ0) is 26.8. The summed E-state index contributed by atoms with van der Waals surface area (Å²) in [5.41, 5.74) is 4.13. The summed E-state index contributed by atoms with van der Waals surface area (Å²) in [5, 5.41) is 6.80. The molecule has 8 heteroatoms. The predicted octanol–water partition coefficient (Wildman–Crippen LogP) is 5.54. The van der Waals surface area contributed by atoms with Gasteiger partial charge in [0, 0.05) is 19.0 Å². The third-order valence-electron chi connectivity index (χ3n) is 10.8. The molecule has 0 spiro atoms. The van der Waals surface area contributed by atoms with Gasteiger partial charge in [0.1, 0.15) is 12.6 Å². The minimum Gasteiger partial charge on any atom is -0.364 e. The number of hydrogen-bond acceptors (Lipinski definition) is 6. The smallest absolute Gasteiger partial charge is 0.220 e. The summed E-state index contributed by atoms with van der Waals surface area (Å²) in [6.45, 7) is 7.58. The monoisotopic (exact) mass is 528 g/mol. The summed E-state index contributed by atoms with van der Waals surface area (Å²) in [6.07, 6.45) is 11.8. The molecule has 4 aliphatic rings. The molecule has 0 radical (unpaired) electrons. The lowest BCUT2D eigenvalue weighted by Crippen LogP contribution is -2.63. The molecule has 4 heterocycles. The predicted molar refractivity (Wildman–Crippen MR) is 150 cm³/mol. The fraction of sp³-hybridized carbons (Fsp3) is 0.613. The van der Waals surface area contributed by atoms with E-state index in [0.717, 1.165) is 49.1 Å². The van der Waals surface area contributed by atoms with Crippen LogP contribution in [0.1, 0.15) is 82.6 Å². The van der Waals surface area contributed by atoms with E-state index in [1.807, 2.05) is 6.33 Å². The number of nitrogens with one attached hydrogen (secondary N) is 2. The second kappa shape index (κ2) is 9.29. The van der Waals surface area contributed by atoms with Gasteiger partial charge in [-0.15, -0.1) is 0 Å². The third-order valence-corrected chi connectivity index (χ3v) is 10.8. The highest BCUT2D eigenvalue weighted by Gasteiger charge is 2.59. The van der Waals surface area contributed by atoms with Crippen LogP contribution < -0.4 is 10.6 Å². The van der Waals surface area contributed by atoms with Gasteiger partial charge in [-0.2, -0.15) is 0 Å². The van der Waals surface area contributed by atoms with Crippen LogP contribution in [-0.2, 0) is 16.1 Å². The van der Waals surface area contributed by atoms with Gasteiger partial charge in [0.2, 0.25) is 5.91 Å². The molecule has 0 unspecified atom stereocenters. The average molecular weight is 529 g/mol. The number of anilines is 1. The number of ether oxygens (including phenoxy) is 1. The molecule has 7 rings (SSSR count). The Hall–Kier alpha value is -3.00. The first-order valence-corrected chi connectivity index (χ1v) is 14.8. The molecule has 1 aromatic carbocycles. The maximum atomic E-state index is 12.1. The van der Waals surface area contributed by atoms with E-state index in [0.29, 0.717) is 36.8 Å². The van der Waals surface area contributed by atoms with E-state index in [9.17, 15) is 4.79 Å². The van der Waals surface area contributed by atoms with Gasteiger partial charge < -0.3 is 15.4 Å². The second-order valence-corrected chi connectivity index (χ2v) is 13.0. The molecule has 3 aromatic rings. The SMILES string of the molecule is Cc1ccc(CNc2ncnc3c2ncn3[C@@H]2CC[C@H]3[C@@H]4CC[C@H]5NC(=O)CC[C@]5(C)[C@H]4CC[C@]3(C)O2)cc1. The summed E-state index contributed by atoms with van der Waals surface area (Å²) in [6, 6.07) is 8.87. The van der Waals surface area contributed by atoms with Gasteiger partial charge in [0.15, 0.2) is 17.0 Å². The molecule has 8 nitrogen and oxygen atoms in total. The zero-order valence-corrected chi connectivity index (χ0v) is 23.3. The maximum absolute atomic E-state index is 12.1. The van der Waals surface area contributed by atoms with Crippen LogP contribution in [0.4, 0.5) is 5.82 Å². The van der Waals surface area contributed by atoms with E-state index in [4.69, 9.17) is 9.72 Å². The van der Waals surface area contributed by atoms with Crippen molar-refractivity contribution < 1.29 is 9.53 Å². The van der Waals surface area contributed by atoms with Crippen molar-refractivity contribution in [2.45, 2.75) is 96.6 Å². The number of rotatable bonds is 4. The van der Waals surface area contributed by atoms with Crippen LogP contribution in [0.3, 0.4) is 0 Å². The average Bonchev–Trinajstić information content (AvgIpc) is 3.37. The normalized spacial score (nSPS) is 36.0. The molecule has 4 fully saturated rings. The van der Waals surface area contributed by atoms with Crippen LogP contribution >= 0.6 is 0 Å². The topological polar surface area (TPSA) is 94.0 Å². The summed E-state index contributed by atoms with van der Waals surface area (Å²) in [5.74, 6) is 2.88. The molecule has 206 valence electrons. The molecule has 2 aliphatic heterocycles. The third kappa shape index (κ3) is 4.14. The number of amides is 1. The number of carbonyl (C=O) groups excluding carboxylic acids is 1. The minimum absolute atomic E-state index is 0.0754. The number of imidazole rings is 1. The van der Waals surface area contributed by atoms with Crippen LogP contribution in [0.5, 0.6) is 0 Å².